The van der Waals surface area contributed by atoms with Gasteiger partial charge >= 0.3 is 0 Å². The van der Waals surface area contributed by atoms with E-state index in [1.165, 1.54) is 0 Å². The first kappa shape index (κ1) is 28.3. The predicted molar refractivity (Wildman–Crippen MR) is 140 cm³/mol. The highest BCUT2D eigenvalue weighted by Crippen LogP contribution is 2.51. The van der Waals surface area contributed by atoms with E-state index in [1.807, 2.05) is 13.8 Å². The van der Waals surface area contributed by atoms with Crippen molar-refractivity contribution in [3.8, 4) is 0 Å². The van der Waals surface area contributed by atoms with Crippen molar-refractivity contribution in [2.45, 2.75) is 177 Å². The number of aliphatic hydroxyl groups excluding tert-OH is 1. The van der Waals surface area contributed by atoms with Crippen LogP contribution < -0.4 is 0 Å². The molecule has 0 aromatic heterocycles. The molecule has 5 rings (SSSR count). The Morgan fingerprint density at radius 2 is 1.14 bits per heavy atom. The zero-order valence-electron chi connectivity index (χ0n) is 24.3. The van der Waals surface area contributed by atoms with Gasteiger partial charge in [-0.1, -0.05) is 6.92 Å². The monoisotopic (exact) mass is 524 g/mol. The van der Waals surface area contributed by atoms with Gasteiger partial charge < -0.3 is 33.9 Å². The average molecular weight is 525 g/mol. The molecule has 5 fully saturated rings. The summed E-state index contributed by atoms with van der Waals surface area (Å²) in [6, 6.07) is 0. The highest BCUT2D eigenvalue weighted by Gasteiger charge is 2.58. The summed E-state index contributed by atoms with van der Waals surface area (Å²) in [5.74, 6) is 0.155. The lowest BCUT2D eigenvalue weighted by Crippen LogP contribution is -2.48. The first-order chi connectivity index (χ1) is 17.2. The molecule has 7 heteroatoms. The van der Waals surface area contributed by atoms with Crippen molar-refractivity contribution < 1.29 is 33.9 Å². The summed E-state index contributed by atoms with van der Waals surface area (Å²) in [5.41, 5.74) is -2.15. The third kappa shape index (κ3) is 5.16. The molecule has 0 aromatic rings. The fourth-order valence-corrected chi connectivity index (χ4v) is 7.83. The van der Waals surface area contributed by atoms with Gasteiger partial charge in [-0.05, 0) is 106 Å². The third-order valence-electron chi connectivity index (χ3n) is 10.7. The van der Waals surface area contributed by atoms with Crippen molar-refractivity contribution in [2.24, 2.45) is 5.92 Å². The fourth-order valence-electron chi connectivity index (χ4n) is 7.83. The second-order valence-corrected chi connectivity index (χ2v) is 14.4. The molecule has 5 saturated heterocycles. The molecule has 1 unspecified atom stereocenters. The van der Waals surface area contributed by atoms with Crippen molar-refractivity contribution in [3.05, 3.63) is 0 Å². The Hall–Kier alpha value is -0.280. The molecule has 5 heterocycles. The summed E-state index contributed by atoms with van der Waals surface area (Å²) in [4.78, 5) is 0. The number of ether oxygens (including phenoxy) is 5. The summed E-state index contributed by atoms with van der Waals surface area (Å²) in [5, 5.41) is 20.0. The minimum Gasteiger partial charge on any atom is -0.396 e. The third-order valence-corrected chi connectivity index (χ3v) is 10.7. The van der Waals surface area contributed by atoms with Gasteiger partial charge in [0.25, 0.3) is 0 Å². The van der Waals surface area contributed by atoms with Crippen LogP contribution in [0, 0.1) is 5.92 Å². The van der Waals surface area contributed by atoms with E-state index in [9.17, 15) is 10.2 Å². The molecular formula is C30H52O7. The van der Waals surface area contributed by atoms with Gasteiger partial charge in [0.15, 0.2) is 0 Å². The van der Waals surface area contributed by atoms with Crippen LogP contribution in [0.25, 0.3) is 0 Å². The van der Waals surface area contributed by atoms with Gasteiger partial charge in [-0.3, -0.25) is 0 Å². The minimum atomic E-state index is -0.839. The molecule has 0 saturated carbocycles. The van der Waals surface area contributed by atoms with Crippen molar-refractivity contribution in [2.75, 3.05) is 6.61 Å². The van der Waals surface area contributed by atoms with Crippen LogP contribution >= 0.6 is 0 Å². The van der Waals surface area contributed by atoms with Crippen LogP contribution in [0.2, 0.25) is 0 Å². The van der Waals surface area contributed by atoms with E-state index < -0.39 is 5.60 Å². The Labute approximate surface area is 223 Å². The van der Waals surface area contributed by atoms with Crippen LogP contribution in [0.1, 0.15) is 113 Å². The second-order valence-electron chi connectivity index (χ2n) is 14.4. The lowest BCUT2D eigenvalue weighted by Gasteiger charge is -2.39. The zero-order chi connectivity index (χ0) is 26.9. The van der Waals surface area contributed by atoms with Gasteiger partial charge in [0.05, 0.1) is 64.6 Å². The van der Waals surface area contributed by atoms with E-state index in [0.717, 1.165) is 64.2 Å². The van der Waals surface area contributed by atoms with Crippen LogP contribution in [-0.2, 0) is 23.7 Å². The minimum absolute atomic E-state index is 0.0175. The molecule has 0 bridgehead atoms. The molecule has 0 aliphatic carbocycles. The summed E-state index contributed by atoms with van der Waals surface area (Å²) < 4.78 is 33.2. The highest BCUT2D eigenvalue weighted by atomic mass is 16.6. The Morgan fingerprint density at radius 1 is 0.676 bits per heavy atom. The molecule has 0 spiro atoms. The molecule has 37 heavy (non-hydrogen) atoms. The lowest BCUT2D eigenvalue weighted by atomic mass is 9.89. The molecule has 0 aromatic carbocycles. The Balaban J connectivity index is 1.18. The van der Waals surface area contributed by atoms with Crippen LogP contribution in [0.3, 0.4) is 0 Å². The van der Waals surface area contributed by atoms with E-state index in [2.05, 4.69) is 34.6 Å². The first-order valence-electron chi connectivity index (χ1n) is 14.9. The molecule has 2 N–H and O–H groups in total. The van der Waals surface area contributed by atoms with Gasteiger partial charge in [0.2, 0.25) is 0 Å². The van der Waals surface area contributed by atoms with Gasteiger partial charge in [-0.25, -0.2) is 0 Å². The number of hydrogen-bond acceptors (Lipinski definition) is 7. The quantitative estimate of drug-likeness (QED) is 0.500. The van der Waals surface area contributed by atoms with E-state index in [-0.39, 0.29) is 71.6 Å². The summed E-state index contributed by atoms with van der Waals surface area (Å²) in [7, 11) is 0. The van der Waals surface area contributed by atoms with Crippen LogP contribution in [-0.4, -0.2) is 81.4 Å². The number of rotatable bonds is 7. The van der Waals surface area contributed by atoms with Gasteiger partial charge in [-0.15, -0.1) is 0 Å². The van der Waals surface area contributed by atoms with Crippen LogP contribution in [0.15, 0.2) is 0 Å². The Kier molecular flexibility index (Phi) is 7.39. The number of hydrogen-bond donors (Lipinski definition) is 2. The molecule has 0 radical (unpaired) electrons. The summed E-state index contributed by atoms with van der Waals surface area (Å²) in [6.07, 6.45) is 9.66. The molecular weight excluding hydrogens is 472 g/mol. The lowest BCUT2D eigenvalue weighted by molar-refractivity contribution is -0.211. The van der Waals surface area contributed by atoms with Crippen molar-refractivity contribution in [1.29, 1.82) is 0 Å². The average Bonchev–Trinajstić information content (AvgIpc) is 3.63. The maximum absolute atomic E-state index is 10.5. The predicted octanol–water partition coefficient (Wildman–Crippen LogP) is 4.68. The molecule has 11 atom stereocenters. The molecule has 7 nitrogen and oxygen atoms in total. The van der Waals surface area contributed by atoms with Gasteiger partial charge in [0.1, 0.15) is 0 Å². The van der Waals surface area contributed by atoms with Crippen LogP contribution in [0.5, 0.6) is 0 Å². The summed E-state index contributed by atoms with van der Waals surface area (Å²) in [6.45, 7) is 14.7. The normalized spacial score (nSPS) is 51.8. The maximum atomic E-state index is 10.5. The van der Waals surface area contributed by atoms with E-state index in [1.54, 1.807) is 0 Å². The summed E-state index contributed by atoms with van der Waals surface area (Å²) >= 11 is 0. The first-order valence-corrected chi connectivity index (χ1v) is 14.9. The van der Waals surface area contributed by atoms with E-state index >= 15 is 0 Å². The van der Waals surface area contributed by atoms with Gasteiger partial charge in [-0.2, -0.15) is 0 Å². The topological polar surface area (TPSA) is 86.6 Å². The second kappa shape index (κ2) is 9.67. The molecule has 5 aliphatic rings. The highest BCUT2D eigenvalue weighted by molar-refractivity contribution is 5.07. The van der Waals surface area contributed by atoms with Gasteiger partial charge in [0, 0.05) is 12.5 Å². The largest absolute Gasteiger partial charge is 0.396 e. The molecule has 5 aliphatic heterocycles. The van der Waals surface area contributed by atoms with E-state index in [0.29, 0.717) is 0 Å². The van der Waals surface area contributed by atoms with Crippen molar-refractivity contribution >= 4 is 0 Å². The molecule has 214 valence electrons. The van der Waals surface area contributed by atoms with Crippen LogP contribution in [0.4, 0.5) is 0 Å². The Bertz CT molecular complexity index is 829. The smallest absolute Gasteiger partial charge is 0.0921 e. The maximum Gasteiger partial charge on any atom is 0.0921 e. The van der Waals surface area contributed by atoms with Crippen molar-refractivity contribution in [1.82, 2.24) is 0 Å². The zero-order valence-corrected chi connectivity index (χ0v) is 24.3. The van der Waals surface area contributed by atoms with Crippen molar-refractivity contribution in [3.63, 3.8) is 0 Å². The molecule has 0 amide bonds. The SMILES string of the molecule is CC(CO)[C@@H]1CC[C@@](C)([C@H]2CC[C@](C)([C@@H]3CC[C@H]([C@]4(C)CC[C@@H]([C@@]5(C)CC[C@H](C(C)(C)O)O5)O4)O3)O2)O1. The van der Waals surface area contributed by atoms with E-state index in [4.69, 9.17) is 23.7 Å². The standard InChI is InChI=1S/C30H52O7/c1-19(18-31)20-10-14-29(6,34-20)24-12-16-27(4,36-24)22-8-9-23(33-22)28(5)17-13-25(37-28)30(7)15-11-21(35-30)26(2,3)32/h19-25,31-32H,8-18H2,1-7H3/t19?,20-,21+,22-,23+,24+,25-,27+,28-,29-,30+/m0/s1. The number of aliphatic hydroxyl groups is 2. The fraction of sp³-hybridized carbons (Fsp3) is 1.00. The Morgan fingerprint density at radius 3 is 1.62 bits per heavy atom.